The van der Waals surface area contributed by atoms with E-state index < -0.39 is 59.8 Å². The van der Waals surface area contributed by atoms with Gasteiger partial charge in [-0.1, -0.05) is 11.6 Å². The number of rotatable bonds is 3. The first-order chi connectivity index (χ1) is 16.1. The summed E-state index contributed by atoms with van der Waals surface area (Å²) in [7, 11) is -3.13. The van der Waals surface area contributed by atoms with Gasteiger partial charge in [-0.05, 0) is 61.6 Å². The number of nitrogens with zero attached hydrogens (tertiary/aromatic N) is 2. The fourth-order valence-electron chi connectivity index (χ4n) is 4.69. The number of amidine groups is 1. The lowest BCUT2D eigenvalue weighted by molar-refractivity contribution is -0.137. The summed E-state index contributed by atoms with van der Waals surface area (Å²) < 4.78 is 69.8. The second-order valence-electron chi connectivity index (χ2n) is 9.28. The maximum atomic E-state index is 15.1. The van der Waals surface area contributed by atoms with E-state index in [0.717, 1.165) is 6.07 Å². The molecule has 2 atom stereocenters. The zero-order chi connectivity index (χ0) is 26.0. The second kappa shape index (κ2) is 8.24. The van der Waals surface area contributed by atoms with E-state index >= 15 is 4.39 Å². The summed E-state index contributed by atoms with van der Waals surface area (Å²) in [4.78, 5) is 20.8. The summed E-state index contributed by atoms with van der Waals surface area (Å²) in [6.45, 7) is 5.59. The molecule has 1 aromatic carbocycles. The summed E-state index contributed by atoms with van der Waals surface area (Å²) in [5.41, 5.74) is 3.61. The van der Waals surface area contributed by atoms with Crippen molar-refractivity contribution in [2.24, 2.45) is 10.7 Å². The van der Waals surface area contributed by atoms with Crippen molar-refractivity contribution in [3.05, 3.63) is 58.1 Å². The van der Waals surface area contributed by atoms with Gasteiger partial charge in [-0.2, -0.15) is 13.2 Å². The molecule has 0 saturated carbocycles. The minimum Gasteiger partial charge on any atom is -0.386 e. The van der Waals surface area contributed by atoms with Gasteiger partial charge in [0.25, 0.3) is 5.91 Å². The zero-order valence-electron chi connectivity index (χ0n) is 19.0. The van der Waals surface area contributed by atoms with E-state index in [-0.39, 0.29) is 17.1 Å². The zero-order valence-corrected chi connectivity index (χ0v) is 20.7. The lowest BCUT2D eigenvalue weighted by Crippen LogP contribution is -2.64. The number of nitrogens with one attached hydrogen (secondary N) is 2. The smallest absolute Gasteiger partial charge is 0.386 e. The van der Waals surface area contributed by atoms with Gasteiger partial charge < -0.3 is 11.1 Å². The molecule has 7 nitrogen and oxygen atoms in total. The molecule has 1 saturated heterocycles. The molecule has 190 valence electrons. The highest BCUT2D eigenvalue weighted by Gasteiger charge is 2.58. The molecule has 13 heteroatoms. The number of benzene rings is 1. The molecule has 0 bridgehead atoms. The Morgan fingerprint density at radius 2 is 1.97 bits per heavy atom. The number of hydrogen-bond donors (Lipinski definition) is 4. The van der Waals surface area contributed by atoms with Crippen molar-refractivity contribution < 1.29 is 26.6 Å². The van der Waals surface area contributed by atoms with Crippen LogP contribution in [0, 0.1) is 5.82 Å². The van der Waals surface area contributed by atoms with E-state index in [9.17, 15) is 22.2 Å². The van der Waals surface area contributed by atoms with Crippen LogP contribution in [0.15, 0.2) is 35.5 Å². The topological polar surface area (TPSA) is 109 Å². The van der Waals surface area contributed by atoms with E-state index in [0.29, 0.717) is 25.2 Å². The predicted molar refractivity (Wildman–Crippen MR) is 128 cm³/mol. The molecule has 2 aliphatic rings. The van der Waals surface area contributed by atoms with Crippen LogP contribution in [-0.4, -0.2) is 37.5 Å². The standard InChI is InChI=1S/C22H24ClF4N5O2S/c1-20(2)19(28)32-21(3,16-6-7-30-35(16,20)34)13-9-12(4-5-15(13)24)31-18(33)17-14(23)8-11(10-29-17)22(25,26)27/h4-5,8-10,16,35H,6-7H2,1-3H3,(H2,28,32)(H,30,34)(H,31,33)/t16-,21+/m0/s1. The number of aromatic nitrogens is 1. The molecule has 1 amide bonds. The van der Waals surface area contributed by atoms with E-state index in [1.807, 2.05) is 0 Å². The molecule has 0 unspecified atom stereocenters. The number of nitrogens with two attached hydrogens (primary N) is 1. The van der Waals surface area contributed by atoms with Gasteiger partial charge in [-0.15, -0.1) is 0 Å². The molecule has 1 fully saturated rings. The minimum absolute atomic E-state index is 0.0779. The fourth-order valence-corrected chi connectivity index (χ4v) is 8.59. The van der Waals surface area contributed by atoms with Crippen LogP contribution < -0.4 is 15.8 Å². The van der Waals surface area contributed by atoms with Crippen molar-refractivity contribution in [2.75, 3.05) is 11.9 Å². The van der Waals surface area contributed by atoms with Gasteiger partial charge in [0, 0.05) is 24.0 Å². The molecular weight excluding hydrogens is 510 g/mol. The highest BCUT2D eigenvalue weighted by Crippen LogP contribution is 2.49. The summed E-state index contributed by atoms with van der Waals surface area (Å²) in [5, 5.41) is 1.45. The molecule has 2 aromatic rings. The molecule has 4 rings (SSSR count). The van der Waals surface area contributed by atoms with Crippen molar-refractivity contribution in [3.8, 4) is 0 Å². The highest BCUT2D eigenvalue weighted by atomic mass is 35.5. The first-order valence-corrected chi connectivity index (χ1v) is 12.8. The fraction of sp³-hybridized carbons (Fsp3) is 0.409. The Balaban J connectivity index is 1.71. The van der Waals surface area contributed by atoms with Crippen molar-refractivity contribution in [2.45, 2.75) is 48.9 Å². The largest absolute Gasteiger partial charge is 0.417 e. The van der Waals surface area contributed by atoms with Crippen LogP contribution in [-0.2, 0) is 21.8 Å². The summed E-state index contributed by atoms with van der Waals surface area (Å²) >= 11 is 5.86. The molecule has 1 aromatic heterocycles. The van der Waals surface area contributed by atoms with Gasteiger partial charge >= 0.3 is 6.18 Å². The van der Waals surface area contributed by atoms with Crippen LogP contribution in [0.4, 0.5) is 23.2 Å². The highest BCUT2D eigenvalue weighted by molar-refractivity contribution is 8.04. The number of pyridine rings is 1. The van der Waals surface area contributed by atoms with E-state index in [2.05, 4.69) is 20.0 Å². The van der Waals surface area contributed by atoms with Crippen molar-refractivity contribution in [3.63, 3.8) is 0 Å². The average molecular weight is 534 g/mol. The number of halogens is 5. The van der Waals surface area contributed by atoms with E-state index in [1.54, 1.807) is 20.8 Å². The maximum absolute atomic E-state index is 15.1. The van der Waals surface area contributed by atoms with Crippen LogP contribution in [0.1, 0.15) is 48.8 Å². The van der Waals surface area contributed by atoms with Gasteiger partial charge in [0.1, 0.15) is 22.9 Å². The molecule has 0 aliphatic carbocycles. The van der Waals surface area contributed by atoms with Gasteiger partial charge in [-0.3, -0.25) is 18.7 Å². The number of alkyl halides is 3. The Morgan fingerprint density at radius 1 is 1.29 bits per heavy atom. The number of aliphatic imine (C=N–C) groups is 1. The molecule has 2 aliphatic heterocycles. The Bertz CT molecular complexity index is 1300. The normalized spacial score (nSPS) is 25.9. The summed E-state index contributed by atoms with van der Waals surface area (Å²) in [6.07, 6.45) is -3.68. The third-order valence-corrected chi connectivity index (χ3v) is 11.3. The van der Waals surface area contributed by atoms with Crippen LogP contribution in [0.2, 0.25) is 5.02 Å². The second-order valence-corrected chi connectivity index (χ2v) is 13.1. The molecule has 0 radical (unpaired) electrons. The third kappa shape index (κ3) is 4.01. The predicted octanol–water partition coefficient (Wildman–Crippen LogP) is 3.80. The Kier molecular flexibility index (Phi) is 6.01. The average Bonchev–Trinajstić information content (AvgIpc) is 3.18. The number of carbonyl (C=O) groups is 1. The maximum Gasteiger partial charge on any atom is 0.417 e. The van der Waals surface area contributed by atoms with Crippen LogP contribution in [0.25, 0.3) is 0 Å². The van der Waals surface area contributed by atoms with Gasteiger partial charge in [0.15, 0.2) is 0 Å². The van der Waals surface area contributed by atoms with Crippen molar-refractivity contribution in [1.29, 1.82) is 0 Å². The molecule has 0 spiro atoms. The Morgan fingerprint density at radius 3 is 2.60 bits per heavy atom. The van der Waals surface area contributed by atoms with Crippen LogP contribution in [0.3, 0.4) is 0 Å². The first-order valence-electron chi connectivity index (χ1n) is 10.7. The molecule has 4 N–H and O–H groups in total. The van der Waals surface area contributed by atoms with E-state index in [4.69, 9.17) is 17.3 Å². The number of fused-ring (bicyclic) bond motifs is 1. The SMILES string of the molecule is CC1(C)C(N)=N[C@](C)(c2cc(NC(=O)c3ncc(C(F)(F)F)cc3Cl)ccc2F)[C@@H]2CCN[SH]21=O. The molecule has 35 heavy (non-hydrogen) atoms. The van der Waals surface area contributed by atoms with Gasteiger partial charge in [-0.25, -0.2) is 9.37 Å². The number of amides is 1. The number of carbonyl (C=O) groups excluding carboxylic acids is 1. The quantitative estimate of drug-likeness (QED) is 0.355. The van der Waals surface area contributed by atoms with Crippen molar-refractivity contribution >= 4 is 39.1 Å². The summed E-state index contributed by atoms with van der Waals surface area (Å²) in [5.74, 6) is -1.39. The number of hydrogen-bond acceptors (Lipinski definition) is 5. The molecule has 3 heterocycles. The molecular formula is C22H24ClF4N5O2S. The van der Waals surface area contributed by atoms with Gasteiger partial charge in [0.05, 0.1) is 20.6 Å². The van der Waals surface area contributed by atoms with Crippen LogP contribution >= 0.6 is 11.6 Å². The number of thiol groups is 1. The lowest BCUT2D eigenvalue weighted by Gasteiger charge is -2.50. The first kappa shape index (κ1) is 25.5. The Hall–Kier alpha value is -2.57. The third-order valence-electron chi connectivity index (χ3n) is 6.82. The number of anilines is 1. The van der Waals surface area contributed by atoms with E-state index in [1.165, 1.54) is 12.1 Å². The monoisotopic (exact) mass is 533 g/mol. The minimum atomic E-state index is -4.67. The Labute approximate surface area is 205 Å². The van der Waals surface area contributed by atoms with Crippen molar-refractivity contribution in [1.82, 2.24) is 9.71 Å². The van der Waals surface area contributed by atoms with Crippen LogP contribution in [0.5, 0.6) is 0 Å². The summed E-state index contributed by atoms with van der Waals surface area (Å²) in [6, 6.07) is 4.36. The lowest BCUT2D eigenvalue weighted by atomic mass is 9.86. The van der Waals surface area contributed by atoms with Gasteiger partial charge in [0.2, 0.25) is 0 Å².